The number of fused-ring (bicyclic) bond motifs is 1. The number of benzene rings is 2. The van der Waals surface area contributed by atoms with Crippen LogP contribution < -0.4 is 9.64 Å². The number of rotatable bonds is 5. The van der Waals surface area contributed by atoms with Gasteiger partial charge in [-0.3, -0.25) is 24.1 Å². The first-order valence-corrected chi connectivity index (χ1v) is 12.0. The third-order valence-electron chi connectivity index (χ3n) is 7.38. The molecule has 2 aromatic rings. The molecule has 1 aliphatic carbocycles. The van der Waals surface area contributed by atoms with Gasteiger partial charge in [-0.2, -0.15) is 0 Å². The van der Waals surface area contributed by atoms with Crippen LogP contribution in [-0.2, 0) is 19.2 Å². The summed E-state index contributed by atoms with van der Waals surface area (Å²) >= 11 is 0. The number of ether oxygens (including phenoxy) is 1. The normalized spacial score (nSPS) is 24.9. The number of carbonyl (C=O) groups is 4. The molecule has 2 aliphatic heterocycles. The predicted molar refractivity (Wildman–Crippen MR) is 129 cm³/mol. The minimum Gasteiger partial charge on any atom is -0.426 e. The molecule has 4 atom stereocenters. The molecule has 180 valence electrons. The van der Waals surface area contributed by atoms with E-state index in [0.29, 0.717) is 30.8 Å². The summed E-state index contributed by atoms with van der Waals surface area (Å²) in [4.78, 5) is 54.1. The maximum Gasteiger partial charge on any atom is 0.316 e. The van der Waals surface area contributed by atoms with Crippen molar-refractivity contribution in [1.82, 2.24) is 4.90 Å². The van der Waals surface area contributed by atoms with E-state index in [0.717, 1.165) is 11.1 Å². The predicted octanol–water partition coefficient (Wildman–Crippen LogP) is 4.05. The number of nitrogens with zero attached hydrogens (tertiary/aromatic N) is 2. The van der Waals surface area contributed by atoms with E-state index in [1.807, 2.05) is 50.3 Å². The van der Waals surface area contributed by atoms with E-state index in [2.05, 4.69) is 0 Å². The van der Waals surface area contributed by atoms with E-state index in [4.69, 9.17) is 4.74 Å². The average Bonchev–Trinajstić information content (AvgIpc) is 3.37. The van der Waals surface area contributed by atoms with Gasteiger partial charge in [0.2, 0.25) is 17.7 Å². The van der Waals surface area contributed by atoms with Crippen molar-refractivity contribution in [2.75, 3.05) is 11.4 Å². The highest BCUT2D eigenvalue weighted by atomic mass is 16.5. The summed E-state index contributed by atoms with van der Waals surface area (Å²) in [5, 5.41) is 0. The Morgan fingerprint density at radius 2 is 1.63 bits per heavy atom. The molecule has 2 aromatic carbocycles. The van der Waals surface area contributed by atoms with E-state index >= 15 is 0 Å². The van der Waals surface area contributed by atoms with Crippen molar-refractivity contribution < 1.29 is 23.9 Å². The fraction of sp³-hybridized carbons (Fsp3) is 0.357. The molecule has 35 heavy (non-hydrogen) atoms. The van der Waals surface area contributed by atoms with Crippen LogP contribution in [0.4, 0.5) is 5.69 Å². The monoisotopic (exact) mass is 472 g/mol. The lowest BCUT2D eigenvalue weighted by Crippen LogP contribution is -2.31. The van der Waals surface area contributed by atoms with E-state index in [1.54, 1.807) is 29.2 Å². The van der Waals surface area contributed by atoms with Gasteiger partial charge in [0.05, 0.1) is 29.5 Å². The first kappa shape index (κ1) is 23.0. The van der Waals surface area contributed by atoms with Gasteiger partial charge in [0.1, 0.15) is 5.75 Å². The van der Waals surface area contributed by atoms with Gasteiger partial charge in [-0.1, -0.05) is 42.0 Å². The Kier molecular flexibility index (Phi) is 6.01. The summed E-state index contributed by atoms with van der Waals surface area (Å²) in [7, 11) is 0. The van der Waals surface area contributed by atoms with Crippen molar-refractivity contribution in [3.05, 3.63) is 71.8 Å². The second kappa shape index (κ2) is 9.13. The zero-order chi connectivity index (χ0) is 24.7. The Hall–Kier alpha value is -3.74. The lowest BCUT2D eigenvalue weighted by Gasteiger charge is -2.25. The van der Waals surface area contributed by atoms with Gasteiger partial charge >= 0.3 is 5.97 Å². The van der Waals surface area contributed by atoms with E-state index in [-0.39, 0.29) is 42.0 Å². The second-order valence-electron chi connectivity index (χ2n) is 9.66. The zero-order valence-corrected chi connectivity index (χ0v) is 19.8. The largest absolute Gasteiger partial charge is 0.426 e. The molecule has 2 saturated heterocycles. The fourth-order valence-corrected chi connectivity index (χ4v) is 5.33. The maximum absolute atomic E-state index is 12.9. The van der Waals surface area contributed by atoms with Gasteiger partial charge in [0.25, 0.3) is 0 Å². The van der Waals surface area contributed by atoms with Crippen molar-refractivity contribution in [3.63, 3.8) is 0 Å². The molecule has 0 bridgehead atoms. The Morgan fingerprint density at radius 3 is 2.34 bits per heavy atom. The van der Waals surface area contributed by atoms with Gasteiger partial charge in [-0.25, -0.2) is 0 Å². The van der Waals surface area contributed by atoms with Crippen LogP contribution in [-0.4, -0.2) is 35.1 Å². The molecule has 0 unspecified atom stereocenters. The highest BCUT2D eigenvalue weighted by Gasteiger charge is 2.48. The molecule has 3 aliphatic rings. The first-order chi connectivity index (χ1) is 16.8. The van der Waals surface area contributed by atoms with Crippen molar-refractivity contribution in [2.45, 2.75) is 39.2 Å². The number of carbonyl (C=O) groups excluding carboxylic acids is 4. The topological polar surface area (TPSA) is 84.0 Å². The molecular formula is C28H28N2O5. The van der Waals surface area contributed by atoms with Gasteiger partial charge in [-0.05, 0) is 56.5 Å². The molecule has 0 N–H and O–H groups in total. The lowest BCUT2D eigenvalue weighted by atomic mass is 9.82. The Labute approximate surface area is 204 Å². The first-order valence-electron chi connectivity index (χ1n) is 12.0. The smallest absolute Gasteiger partial charge is 0.316 e. The molecule has 0 saturated carbocycles. The average molecular weight is 473 g/mol. The number of likely N-dealkylation sites (tertiary alicyclic amines) is 1. The molecule has 2 fully saturated rings. The summed E-state index contributed by atoms with van der Waals surface area (Å²) in [6, 6.07) is 16.0. The van der Waals surface area contributed by atoms with Gasteiger partial charge < -0.3 is 9.64 Å². The number of hydrogen-bond donors (Lipinski definition) is 0. The number of imide groups is 1. The molecule has 0 aromatic heterocycles. The van der Waals surface area contributed by atoms with Crippen molar-refractivity contribution in [2.24, 2.45) is 17.8 Å². The number of amides is 3. The molecule has 7 nitrogen and oxygen atoms in total. The van der Waals surface area contributed by atoms with Crippen molar-refractivity contribution in [3.8, 4) is 5.75 Å². The lowest BCUT2D eigenvalue weighted by molar-refractivity contribution is -0.139. The number of allylic oxidation sites excluding steroid dienone is 2. The summed E-state index contributed by atoms with van der Waals surface area (Å²) in [6.07, 6.45) is 3.35. The Morgan fingerprint density at radius 1 is 0.943 bits per heavy atom. The van der Waals surface area contributed by atoms with Crippen LogP contribution in [0.25, 0.3) is 0 Å². The van der Waals surface area contributed by atoms with E-state index < -0.39 is 11.9 Å². The van der Waals surface area contributed by atoms with Crippen molar-refractivity contribution >= 4 is 29.4 Å². The maximum atomic E-state index is 12.9. The Balaban J connectivity index is 1.23. The van der Waals surface area contributed by atoms with Crippen LogP contribution >= 0.6 is 0 Å². The van der Waals surface area contributed by atoms with Crippen LogP contribution in [0.3, 0.4) is 0 Å². The number of esters is 1. The minimum atomic E-state index is -0.547. The summed E-state index contributed by atoms with van der Waals surface area (Å²) in [6.45, 7) is 4.24. The molecule has 3 amide bonds. The molecule has 2 heterocycles. The van der Waals surface area contributed by atoms with E-state index in [9.17, 15) is 19.2 Å². The molecule has 5 rings (SSSR count). The van der Waals surface area contributed by atoms with Crippen LogP contribution in [0.5, 0.6) is 5.75 Å². The summed E-state index contributed by atoms with van der Waals surface area (Å²) in [5.41, 5.74) is 2.63. The van der Waals surface area contributed by atoms with E-state index in [1.165, 1.54) is 4.90 Å². The molecule has 7 heteroatoms. The number of hydrogen-bond acceptors (Lipinski definition) is 5. The molecule has 0 radical (unpaired) electrons. The van der Waals surface area contributed by atoms with Crippen LogP contribution in [0, 0.1) is 17.8 Å². The number of anilines is 1. The minimum absolute atomic E-state index is 0.0732. The highest BCUT2D eigenvalue weighted by molar-refractivity contribution is 6.22. The Bertz CT molecular complexity index is 1200. The fourth-order valence-electron chi connectivity index (χ4n) is 5.33. The quantitative estimate of drug-likeness (QED) is 0.284. The second-order valence-corrected chi connectivity index (χ2v) is 9.66. The third-order valence-corrected chi connectivity index (χ3v) is 7.38. The molecular weight excluding hydrogens is 444 g/mol. The van der Waals surface area contributed by atoms with Crippen LogP contribution in [0.2, 0.25) is 0 Å². The van der Waals surface area contributed by atoms with Crippen molar-refractivity contribution in [1.29, 1.82) is 0 Å². The molecule has 0 spiro atoms. The van der Waals surface area contributed by atoms with Crippen LogP contribution in [0.15, 0.2) is 66.2 Å². The standard InChI is InChI=1S/C28H28N2O5/c1-17-8-13-23-24(14-17)27(33)30(26(23)32)21-9-11-22(12-10-21)35-28(34)20-15-25(31)29(16-20)18(2)19-6-4-3-5-7-19/h3-12,18,20,23-24H,13-16H2,1-2H3/t18-,20-,23+,24+/m1/s1. The summed E-state index contributed by atoms with van der Waals surface area (Å²) < 4.78 is 5.55. The summed E-state index contributed by atoms with van der Waals surface area (Å²) in [5.74, 6) is -1.72. The highest BCUT2D eigenvalue weighted by Crippen LogP contribution is 2.40. The SMILES string of the molecule is CC1=CC[C@@H]2C(=O)N(c3ccc(OC(=O)[C@@H]4CC(=O)N([C@H](C)c5ccccc5)C4)cc3)C(=O)[C@H]2C1. The van der Waals surface area contributed by atoms with Crippen LogP contribution in [0.1, 0.15) is 44.7 Å². The third kappa shape index (κ3) is 4.27. The van der Waals surface area contributed by atoms with Gasteiger partial charge in [0, 0.05) is 13.0 Å². The van der Waals surface area contributed by atoms with Gasteiger partial charge in [0.15, 0.2) is 0 Å². The van der Waals surface area contributed by atoms with Gasteiger partial charge in [-0.15, -0.1) is 0 Å². The zero-order valence-electron chi connectivity index (χ0n) is 19.8.